The SMILES string of the molecule is CCOP(=O)(CC(=O)CC(C)O)OCC. The van der Waals surface area contributed by atoms with Crippen LogP contribution in [0.3, 0.4) is 0 Å². The Morgan fingerprint density at radius 2 is 1.80 bits per heavy atom. The van der Waals surface area contributed by atoms with Crippen molar-refractivity contribution in [1.82, 2.24) is 0 Å². The molecule has 0 saturated heterocycles. The fourth-order valence-corrected chi connectivity index (χ4v) is 2.74. The summed E-state index contributed by atoms with van der Waals surface area (Å²) in [6, 6.07) is 0. The van der Waals surface area contributed by atoms with Crippen LogP contribution in [0.2, 0.25) is 0 Å². The Morgan fingerprint density at radius 3 is 2.13 bits per heavy atom. The third-order valence-electron chi connectivity index (χ3n) is 1.54. The van der Waals surface area contributed by atoms with Crippen LogP contribution < -0.4 is 0 Å². The highest BCUT2D eigenvalue weighted by Crippen LogP contribution is 2.47. The molecule has 0 bridgehead atoms. The second-order valence-electron chi connectivity index (χ2n) is 3.20. The van der Waals surface area contributed by atoms with Crippen LogP contribution in [0.25, 0.3) is 0 Å². The number of aliphatic hydroxyl groups excluding tert-OH is 1. The summed E-state index contributed by atoms with van der Waals surface area (Å²) in [7, 11) is -3.29. The molecule has 0 heterocycles. The van der Waals surface area contributed by atoms with Gasteiger partial charge in [0.2, 0.25) is 0 Å². The Labute approximate surface area is 90.3 Å². The third-order valence-corrected chi connectivity index (χ3v) is 3.59. The molecule has 0 rings (SSSR count). The lowest BCUT2D eigenvalue weighted by atomic mass is 10.2. The molecule has 0 aromatic heterocycles. The molecule has 0 aromatic carbocycles. The summed E-state index contributed by atoms with van der Waals surface area (Å²) in [4.78, 5) is 11.3. The van der Waals surface area contributed by atoms with E-state index in [1.807, 2.05) is 0 Å². The minimum absolute atomic E-state index is 0.0237. The molecule has 1 N–H and O–H groups in total. The zero-order valence-corrected chi connectivity index (χ0v) is 10.3. The number of carbonyl (C=O) groups is 1. The largest absolute Gasteiger partial charge is 0.393 e. The van der Waals surface area contributed by atoms with Crippen molar-refractivity contribution in [2.24, 2.45) is 0 Å². The maximum atomic E-state index is 11.9. The Balaban J connectivity index is 4.27. The van der Waals surface area contributed by atoms with E-state index in [1.165, 1.54) is 6.92 Å². The van der Waals surface area contributed by atoms with E-state index in [0.29, 0.717) is 0 Å². The molecule has 5 nitrogen and oxygen atoms in total. The van der Waals surface area contributed by atoms with E-state index in [2.05, 4.69) is 0 Å². The molecule has 1 unspecified atom stereocenters. The van der Waals surface area contributed by atoms with Gasteiger partial charge in [-0.2, -0.15) is 0 Å². The molecule has 15 heavy (non-hydrogen) atoms. The number of carbonyl (C=O) groups excluding carboxylic acids is 1. The van der Waals surface area contributed by atoms with Crippen molar-refractivity contribution in [2.75, 3.05) is 19.4 Å². The van der Waals surface area contributed by atoms with Gasteiger partial charge in [-0.1, -0.05) is 0 Å². The zero-order chi connectivity index (χ0) is 11.9. The van der Waals surface area contributed by atoms with Crippen molar-refractivity contribution < 1.29 is 23.5 Å². The topological polar surface area (TPSA) is 72.8 Å². The number of hydrogen-bond acceptors (Lipinski definition) is 5. The summed E-state index contributed by atoms with van der Waals surface area (Å²) in [6.45, 7) is 5.35. The number of rotatable bonds is 8. The van der Waals surface area contributed by atoms with Crippen LogP contribution in [-0.4, -0.2) is 36.4 Å². The molecule has 0 aliphatic rings. The summed E-state index contributed by atoms with van der Waals surface area (Å²) in [5.41, 5.74) is 0. The molecule has 0 amide bonds. The summed E-state index contributed by atoms with van der Waals surface area (Å²) < 4.78 is 21.8. The van der Waals surface area contributed by atoms with E-state index < -0.39 is 13.7 Å². The lowest BCUT2D eigenvalue weighted by molar-refractivity contribution is -0.118. The maximum absolute atomic E-state index is 11.9. The van der Waals surface area contributed by atoms with Gasteiger partial charge in [-0.15, -0.1) is 0 Å². The molecule has 0 radical (unpaired) electrons. The first kappa shape index (κ1) is 14.8. The first-order valence-electron chi connectivity index (χ1n) is 5.01. The van der Waals surface area contributed by atoms with Crippen LogP contribution in [0.4, 0.5) is 0 Å². The average Bonchev–Trinajstić information content (AvgIpc) is 2.01. The molecule has 0 fully saturated rings. The van der Waals surface area contributed by atoms with Crippen molar-refractivity contribution in [3.63, 3.8) is 0 Å². The number of aliphatic hydroxyl groups is 1. The third kappa shape index (κ3) is 6.79. The second-order valence-corrected chi connectivity index (χ2v) is 5.25. The molecule has 0 spiro atoms. The molecule has 6 heteroatoms. The zero-order valence-electron chi connectivity index (χ0n) is 9.43. The fraction of sp³-hybridized carbons (Fsp3) is 0.889. The van der Waals surface area contributed by atoms with Crippen LogP contribution in [0, 0.1) is 0 Å². The fourth-order valence-electron chi connectivity index (χ4n) is 1.13. The molecule has 90 valence electrons. The Morgan fingerprint density at radius 1 is 1.33 bits per heavy atom. The summed E-state index contributed by atoms with van der Waals surface area (Å²) in [6.07, 6.45) is -1.02. The number of Topliss-reactive ketones (excluding diaryl/α,β-unsaturated/α-hetero) is 1. The van der Waals surface area contributed by atoms with Crippen molar-refractivity contribution in [2.45, 2.75) is 33.3 Å². The summed E-state index contributed by atoms with van der Waals surface area (Å²) in [5, 5.41) is 8.99. The van der Waals surface area contributed by atoms with Gasteiger partial charge in [0.15, 0.2) is 0 Å². The highest BCUT2D eigenvalue weighted by molar-refractivity contribution is 7.54. The molecule has 0 aliphatic heterocycles. The highest BCUT2D eigenvalue weighted by Gasteiger charge is 2.27. The minimum atomic E-state index is -3.29. The van der Waals surface area contributed by atoms with Gasteiger partial charge in [-0.3, -0.25) is 9.36 Å². The molecule has 0 saturated carbocycles. The van der Waals surface area contributed by atoms with Gasteiger partial charge in [0.1, 0.15) is 11.9 Å². The van der Waals surface area contributed by atoms with Gasteiger partial charge in [0, 0.05) is 6.42 Å². The van der Waals surface area contributed by atoms with Gasteiger partial charge in [0.05, 0.1) is 19.3 Å². The lowest BCUT2D eigenvalue weighted by Gasteiger charge is -2.16. The highest BCUT2D eigenvalue weighted by atomic mass is 31.2. The lowest BCUT2D eigenvalue weighted by Crippen LogP contribution is -2.15. The van der Waals surface area contributed by atoms with E-state index in [-0.39, 0.29) is 31.6 Å². The second kappa shape index (κ2) is 7.12. The van der Waals surface area contributed by atoms with Crippen molar-refractivity contribution in [3.05, 3.63) is 0 Å². The van der Waals surface area contributed by atoms with Gasteiger partial charge in [-0.25, -0.2) is 0 Å². The van der Waals surface area contributed by atoms with Crippen molar-refractivity contribution >= 4 is 13.4 Å². The molecular formula is C9H19O5P. The van der Waals surface area contributed by atoms with Crippen LogP contribution >= 0.6 is 7.60 Å². The smallest absolute Gasteiger partial charge is 0.338 e. The molecule has 1 atom stereocenters. The van der Waals surface area contributed by atoms with Gasteiger partial charge < -0.3 is 14.2 Å². The first-order valence-corrected chi connectivity index (χ1v) is 6.74. The van der Waals surface area contributed by atoms with E-state index in [0.717, 1.165) is 0 Å². The number of ketones is 1. The standard InChI is InChI=1S/C9H19O5P/c1-4-13-15(12,14-5-2)7-9(11)6-8(3)10/h8,10H,4-7H2,1-3H3. The van der Waals surface area contributed by atoms with E-state index in [4.69, 9.17) is 14.2 Å². The Bertz CT molecular complexity index is 229. The van der Waals surface area contributed by atoms with Crippen LogP contribution in [0.15, 0.2) is 0 Å². The number of hydrogen-bond donors (Lipinski definition) is 1. The van der Waals surface area contributed by atoms with Crippen LogP contribution in [0.1, 0.15) is 27.2 Å². The quantitative estimate of drug-likeness (QED) is 0.650. The van der Waals surface area contributed by atoms with Crippen LogP contribution in [0.5, 0.6) is 0 Å². The maximum Gasteiger partial charge on any atom is 0.338 e. The van der Waals surface area contributed by atoms with Crippen LogP contribution in [-0.2, 0) is 18.4 Å². The molecule has 0 aromatic rings. The predicted molar refractivity (Wildman–Crippen MR) is 57.0 cm³/mol. The predicted octanol–water partition coefficient (Wildman–Crippen LogP) is 1.59. The summed E-state index contributed by atoms with van der Waals surface area (Å²) in [5.74, 6) is -0.310. The Hall–Kier alpha value is -0.220. The normalized spacial score (nSPS) is 13.9. The molecule has 0 aliphatic carbocycles. The summed E-state index contributed by atoms with van der Waals surface area (Å²) >= 11 is 0. The van der Waals surface area contributed by atoms with Gasteiger partial charge >= 0.3 is 7.60 Å². The molecular weight excluding hydrogens is 219 g/mol. The van der Waals surface area contributed by atoms with E-state index in [1.54, 1.807) is 13.8 Å². The van der Waals surface area contributed by atoms with Crippen molar-refractivity contribution in [1.29, 1.82) is 0 Å². The van der Waals surface area contributed by atoms with Gasteiger partial charge in [0.25, 0.3) is 0 Å². The first-order chi connectivity index (χ1) is 6.93. The Kier molecular flexibility index (Phi) is 7.02. The van der Waals surface area contributed by atoms with E-state index >= 15 is 0 Å². The van der Waals surface area contributed by atoms with Crippen molar-refractivity contribution in [3.8, 4) is 0 Å². The van der Waals surface area contributed by atoms with Gasteiger partial charge in [-0.05, 0) is 20.8 Å². The average molecular weight is 238 g/mol. The monoisotopic (exact) mass is 238 g/mol. The minimum Gasteiger partial charge on any atom is -0.393 e. The van der Waals surface area contributed by atoms with E-state index in [9.17, 15) is 9.36 Å².